The second kappa shape index (κ2) is 7.79. The molecular weight excluding hydrogens is 364 g/mol. The van der Waals surface area contributed by atoms with Gasteiger partial charge in [-0.3, -0.25) is 4.79 Å². The van der Waals surface area contributed by atoms with Crippen LogP contribution in [0.4, 0.5) is 20.2 Å². The summed E-state index contributed by atoms with van der Waals surface area (Å²) in [5.74, 6) is -2.40. The second-order valence-electron chi connectivity index (χ2n) is 5.82. The fraction of sp³-hybridized carbons (Fsp3) is 0.235. The van der Waals surface area contributed by atoms with E-state index >= 15 is 0 Å². The van der Waals surface area contributed by atoms with Gasteiger partial charge >= 0.3 is 0 Å². The van der Waals surface area contributed by atoms with Crippen molar-refractivity contribution in [2.75, 3.05) is 37.9 Å². The zero-order valence-electron chi connectivity index (χ0n) is 14.5. The molecule has 0 bridgehead atoms. The SMILES string of the molecule is CN(CC(=O)Nc1cccc(S(=O)(=O)N(C)C)c1)c1ccc(F)c(F)c1. The second-order valence-corrected chi connectivity index (χ2v) is 7.97. The van der Waals surface area contributed by atoms with Crippen LogP contribution in [0.25, 0.3) is 0 Å². The van der Waals surface area contributed by atoms with Crippen molar-refractivity contribution in [2.45, 2.75) is 4.90 Å². The summed E-state index contributed by atoms with van der Waals surface area (Å²) in [5.41, 5.74) is 0.652. The third kappa shape index (κ3) is 4.55. The summed E-state index contributed by atoms with van der Waals surface area (Å²) in [7, 11) is 0.767. The highest BCUT2D eigenvalue weighted by molar-refractivity contribution is 7.89. The Morgan fingerprint density at radius 1 is 1.04 bits per heavy atom. The van der Waals surface area contributed by atoms with Crippen LogP contribution >= 0.6 is 0 Å². The van der Waals surface area contributed by atoms with E-state index in [1.807, 2.05) is 0 Å². The van der Waals surface area contributed by atoms with Gasteiger partial charge in [0.25, 0.3) is 0 Å². The number of nitrogens with zero attached hydrogens (tertiary/aromatic N) is 2. The van der Waals surface area contributed by atoms with E-state index in [-0.39, 0.29) is 11.4 Å². The third-order valence-electron chi connectivity index (χ3n) is 3.62. The van der Waals surface area contributed by atoms with Crippen molar-refractivity contribution >= 4 is 27.3 Å². The number of halogens is 2. The monoisotopic (exact) mass is 383 g/mol. The Bertz CT molecular complexity index is 917. The number of likely N-dealkylation sites (N-methyl/N-ethyl adjacent to an activating group) is 1. The van der Waals surface area contributed by atoms with Crippen LogP contribution in [0.1, 0.15) is 0 Å². The number of benzene rings is 2. The van der Waals surface area contributed by atoms with Crippen LogP contribution in [0.5, 0.6) is 0 Å². The average Bonchev–Trinajstić information content (AvgIpc) is 2.57. The molecule has 0 aliphatic rings. The molecule has 1 amide bonds. The standard InChI is InChI=1S/C17H19F2N3O3S/c1-21(2)26(24,25)14-6-4-5-12(9-14)20-17(23)11-22(3)13-7-8-15(18)16(19)10-13/h4-10H,11H2,1-3H3,(H,20,23). The van der Waals surface area contributed by atoms with Crippen molar-refractivity contribution in [1.29, 1.82) is 0 Å². The first-order valence-corrected chi connectivity index (χ1v) is 9.04. The van der Waals surface area contributed by atoms with Crippen molar-refractivity contribution in [1.82, 2.24) is 4.31 Å². The van der Waals surface area contributed by atoms with Gasteiger partial charge in [0.05, 0.1) is 11.4 Å². The van der Waals surface area contributed by atoms with Crippen LogP contribution in [-0.4, -0.2) is 46.3 Å². The first kappa shape index (κ1) is 19.8. The van der Waals surface area contributed by atoms with E-state index in [2.05, 4.69) is 5.32 Å². The first-order chi connectivity index (χ1) is 12.1. The molecule has 2 aromatic carbocycles. The molecule has 140 valence electrons. The largest absolute Gasteiger partial charge is 0.365 e. The fourth-order valence-electron chi connectivity index (χ4n) is 2.17. The molecule has 0 atom stereocenters. The number of hydrogen-bond donors (Lipinski definition) is 1. The summed E-state index contributed by atoms with van der Waals surface area (Å²) in [6.07, 6.45) is 0. The highest BCUT2D eigenvalue weighted by atomic mass is 32.2. The lowest BCUT2D eigenvalue weighted by molar-refractivity contribution is -0.114. The lowest BCUT2D eigenvalue weighted by atomic mass is 10.2. The number of hydrogen-bond acceptors (Lipinski definition) is 4. The lowest BCUT2D eigenvalue weighted by Gasteiger charge is -2.19. The number of nitrogens with one attached hydrogen (secondary N) is 1. The number of rotatable bonds is 6. The fourth-order valence-corrected chi connectivity index (χ4v) is 3.12. The molecular formula is C17H19F2N3O3S. The average molecular weight is 383 g/mol. The minimum Gasteiger partial charge on any atom is -0.365 e. The van der Waals surface area contributed by atoms with Crippen LogP contribution in [0.3, 0.4) is 0 Å². The number of amides is 1. The molecule has 2 aromatic rings. The van der Waals surface area contributed by atoms with E-state index in [9.17, 15) is 22.0 Å². The van der Waals surface area contributed by atoms with Crippen molar-refractivity contribution in [3.8, 4) is 0 Å². The van der Waals surface area contributed by atoms with Crippen molar-refractivity contribution in [3.05, 3.63) is 54.1 Å². The van der Waals surface area contributed by atoms with E-state index in [0.29, 0.717) is 11.4 Å². The molecule has 0 aliphatic carbocycles. The highest BCUT2D eigenvalue weighted by Gasteiger charge is 2.18. The molecule has 9 heteroatoms. The lowest BCUT2D eigenvalue weighted by Crippen LogP contribution is -2.30. The normalized spacial score (nSPS) is 11.5. The van der Waals surface area contributed by atoms with E-state index < -0.39 is 27.6 Å². The number of anilines is 2. The Morgan fingerprint density at radius 2 is 1.73 bits per heavy atom. The minimum atomic E-state index is -3.62. The van der Waals surface area contributed by atoms with E-state index in [1.54, 1.807) is 13.1 Å². The molecule has 6 nitrogen and oxygen atoms in total. The molecule has 0 aliphatic heterocycles. The predicted octanol–water partition coefficient (Wildman–Crippen LogP) is 2.29. The van der Waals surface area contributed by atoms with Crippen LogP contribution in [-0.2, 0) is 14.8 Å². The Kier molecular flexibility index (Phi) is 5.94. The molecule has 0 radical (unpaired) electrons. The molecule has 2 rings (SSSR count). The summed E-state index contributed by atoms with van der Waals surface area (Å²) >= 11 is 0. The molecule has 0 fully saturated rings. The number of carbonyl (C=O) groups is 1. The van der Waals surface area contributed by atoms with Crippen LogP contribution in [0, 0.1) is 11.6 Å². The summed E-state index contributed by atoms with van der Waals surface area (Å²) in [6.45, 7) is -0.129. The van der Waals surface area contributed by atoms with Crippen molar-refractivity contribution in [3.63, 3.8) is 0 Å². The van der Waals surface area contributed by atoms with Gasteiger partial charge in [-0.2, -0.15) is 0 Å². The summed E-state index contributed by atoms with van der Waals surface area (Å²) in [4.78, 5) is 13.7. The summed E-state index contributed by atoms with van der Waals surface area (Å²) < 4.78 is 51.6. The minimum absolute atomic E-state index is 0.0502. The van der Waals surface area contributed by atoms with Gasteiger partial charge in [-0.25, -0.2) is 21.5 Å². The predicted molar refractivity (Wildman–Crippen MR) is 95.6 cm³/mol. The van der Waals surface area contributed by atoms with E-state index in [4.69, 9.17) is 0 Å². The van der Waals surface area contributed by atoms with Gasteiger partial charge < -0.3 is 10.2 Å². The van der Waals surface area contributed by atoms with E-state index in [0.717, 1.165) is 16.4 Å². The Hall–Kier alpha value is -2.52. The van der Waals surface area contributed by atoms with Crippen LogP contribution < -0.4 is 10.2 Å². The van der Waals surface area contributed by atoms with Crippen LogP contribution in [0.15, 0.2) is 47.4 Å². The molecule has 0 heterocycles. The highest BCUT2D eigenvalue weighted by Crippen LogP contribution is 2.19. The van der Waals surface area contributed by atoms with Gasteiger partial charge in [0.2, 0.25) is 15.9 Å². The summed E-state index contributed by atoms with van der Waals surface area (Å²) in [6, 6.07) is 9.19. The van der Waals surface area contributed by atoms with E-state index in [1.165, 1.54) is 43.3 Å². The maximum Gasteiger partial charge on any atom is 0.243 e. The number of carbonyl (C=O) groups excluding carboxylic acids is 1. The zero-order chi connectivity index (χ0) is 19.5. The Labute approximate surface area is 151 Å². The van der Waals surface area contributed by atoms with Crippen molar-refractivity contribution in [2.24, 2.45) is 0 Å². The molecule has 0 spiro atoms. The molecule has 0 unspecified atom stereocenters. The van der Waals surface area contributed by atoms with Gasteiger partial charge in [0, 0.05) is 38.6 Å². The van der Waals surface area contributed by atoms with Gasteiger partial charge in [0.1, 0.15) is 0 Å². The smallest absolute Gasteiger partial charge is 0.243 e. The quantitative estimate of drug-likeness (QED) is 0.831. The molecule has 0 saturated heterocycles. The maximum absolute atomic E-state index is 13.3. The van der Waals surface area contributed by atoms with Gasteiger partial charge in [-0.15, -0.1) is 0 Å². The molecule has 26 heavy (non-hydrogen) atoms. The zero-order valence-corrected chi connectivity index (χ0v) is 15.3. The third-order valence-corrected chi connectivity index (χ3v) is 5.43. The van der Waals surface area contributed by atoms with Crippen LogP contribution in [0.2, 0.25) is 0 Å². The Balaban J connectivity index is 2.09. The van der Waals surface area contributed by atoms with Crippen molar-refractivity contribution < 1.29 is 22.0 Å². The molecule has 0 aromatic heterocycles. The van der Waals surface area contributed by atoms with Gasteiger partial charge in [0.15, 0.2) is 11.6 Å². The first-order valence-electron chi connectivity index (χ1n) is 7.60. The molecule has 1 N–H and O–H groups in total. The number of sulfonamides is 1. The maximum atomic E-state index is 13.3. The topological polar surface area (TPSA) is 69.7 Å². The Morgan fingerprint density at radius 3 is 2.35 bits per heavy atom. The molecule has 0 saturated carbocycles. The summed E-state index contributed by atoms with van der Waals surface area (Å²) in [5, 5.41) is 2.59. The van der Waals surface area contributed by atoms with Gasteiger partial charge in [-0.05, 0) is 30.3 Å². The van der Waals surface area contributed by atoms with Gasteiger partial charge in [-0.1, -0.05) is 6.07 Å².